The van der Waals surface area contributed by atoms with Gasteiger partial charge >= 0.3 is 0 Å². The summed E-state index contributed by atoms with van der Waals surface area (Å²) in [5, 5.41) is 1.47. The van der Waals surface area contributed by atoms with Crippen molar-refractivity contribution in [3.05, 3.63) is 89.4 Å². The second kappa shape index (κ2) is 6.81. The Balaban J connectivity index is 1.80. The number of benzene rings is 3. The molecular formula is C27H23FNO+. The SMILES string of the molecule is [2H]C([2H])([2H])c1ccc(-c2c(F)ccc3c2oc2c(-c4cc(C([2H])([2H])[2H])cc[n+]4C)c(C)ccc23)cc1. The van der Waals surface area contributed by atoms with Crippen LogP contribution in [0.3, 0.4) is 0 Å². The first-order valence-corrected chi connectivity index (χ1v) is 9.62. The number of pyridine rings is 1. The fourth-order valence-corrected chi connectivity index (χ4v) is 4.02. The van der Waals surface area contributed by atoms with Crippen molar-refractivity contribution in [3.63, 3.8) is 0 Å². The molecular weight excluding hydrogens is 373 g/mol. The van der Waals surface area contributed by atoms with Crippen LogP contribution in [0, 0.1) is 26.4 Å². The van der Waals surface area contributed by atoms with Gasteiger partial charge in [0.15, 0.2) is 6.20 Å². The number of hydrogen-bond donors (Lipinski definition) is 0. The molecule has 30 heavy (non-hydrogen) atoms. The zero-order valence-corrected chi connectivity index (χ0v) is 16.6. The highest BCUT2D eigenvalue weighted by Crippen LogP contribution is 2.41. The molecule has 0 amide bonds. The predicted octanol–water partition coefficient (Wildman–Crippen LogP) is 6.81. The molecule has 0 radical (unpaired) electrons. The highest BCUT2D eigenvalue weighted by molar-refractivity contribution is 6.13. The van der Waals surface area contributed by atoms with Gasteiger partial charge in [0.2, 0.25) is 5.69 Å². The maximum Gasteiger partial charge on any atom is 0.216 e. The van der Waals surface area contributed by atoms with Crippen LogP contribution < -0.4 is 4.57 Å². The van der Waals surface area contributed by atoms with E-state index >= 15 is 4.39 Å². The van der Waals surface area contributed by atoms with Gasteiger partial charge in [-0.25, -0.2) is 8.96 Å². The number of furan rings is 1. The Kier molecular flexibility index (Phi) is 2.94. The molecule has 0 saturated carbocycles. The molecule has 0 fully saturated rings. The Bertz CT molecular complexity index is 1630. The zero-order chi connectivity index (χ0) is 26.0. The third-order valence-electron chi connectivity index (χ3n) is 5.55. The van der Waals surface area contributed by atoms with Gasteiger partial charge in [-0.2, -0.15) is 0 Å². The summed E-state index contributed by atoms with van der Waals surface area (Å²) in [4.78, 5) is 0. The van der Waals surface area contributed by atoms with Crippen molar-refractivity contribution in [1.82, 2.24) is 0 Å². The molecule has 0 atom stereocenters. The maximum absolute atomic E-state index is 15.2. The average Bonchev–Trinajstić information content (AvgIpc) is 3.16. The third kappa shape index (κ3) is 2.81. The Morgan fingerprint density at radius 3 is 2.27 bits per heavy atom. The van der Waals surface area contributed by atoms with E-state index in [1.165, 1.54) is 18.2 Å². The smallest absolute Gasteiger partial charge is 0.216 e. The Morgan fingerprint density at radius 1 is 0.833 bits per heavy atom. The largest absolute Gasteiger partial charge is 0.454 e. The minimum atomic E-state index is -2.27. The summed E-state index contributed by atoms with van der Waals surface area (Å²) in [6.45, 7) is -2.61. The van der Waals surface area contributed by atoms with Gasteiger partial charge in [0.25, 0.3) is 0 Å². The minimum absolute atomic E-state index is 0.169. The molecule has 0 N–H and O–H groups in total. The first kappa shape index (κ1) is 13.0. The first-order valence-electron chi connectivity index (χ1n) is 12.6. The van der Waals surface area contributed by atoms with Crippen LogP contribution in [0.4, 0.5) is 4.39 Å². The second-order valence-electron chi connectivity index (χ2n) is 7.52. The fraction of sp³-hybridized carbons (Fsp3) is 0.148. The Morgan fingerprint density at radius 2 is 1.53 bits per heavy atom. The van der Waals surface area contributed by atoms with Crippen molar-refractivity contribution >= 4 is 21.9 Å². The van der Waals surface area contributed by atoms with Crippen molar-refractivity contribution in [2.45, 2.75) is 20.6 Å². The summed E-state index contributed by atoms with van der Waals surface area (Å²) in [6.07, 6.45) is 1.70. The number of aromatic nitrogens is 1. The van der Waals surface area contributed by atoms with Crippen LogP contribution in [0.1, 0.15) is 24.9 Å². The molecule has 0 saturated heterocycles. The standard InChI is InChI=1S/C27H23FNO/c1-16-5-8-19(9-6-16)25-22(28)12-11-21-20-10-7-18(3)24(26(20)30-27(21)25)23-15-17(2)13-14-29(23)4/h5-15H,1-4H3/q+1/i1D3,2D3. The number of hydrogen-bond acceptors (Lipinski definition) is 1. The van der Waals surface area contributed by atoms with Gasteiger partial charge in [0.1, 0.15) is 24.0 Å². The van der Waals surface area contributed by atoms with Gasteiger partial charge in [-0.15, -0.1) is 0 Å². The lowest BCUT2D eigenvalue weighted by Crippen LogP contribution is -2.30. The van der Waals surface area contributed by atoms with E-state index in [9.17, 15) is 0 Å². The number of aryl methyl sites for hydroxylation is 4. The minimum Gasteiger partial charge on any atom is -0.454 e. The molecule has 0 aliphatic heterocycles. The summed E-state index contributed by atoms with van der Waals surface area (Å²) < 4.78 is 69.6. The predicted molar refractivity (Wildman–Crippen MR) is 120 cm³/mol. The zero-order valence-electron chi connectivity index (χ0n) is 22.6. The van der Waals surface area contributed by atoms with Crippen molar-refractivity contribution < 1.29 is 21.6 Å². The molecule has 5 rings (SSSR count). The average molecular weight is 403 g/mol. The molecule has 0 aliphatic carbocycles. The lowest BCUT2D eigenvalue weighted by molar-refractivity contribution is -0.660. The summed E-state index contributed by atoms with van der Waals surface area (Å²) >= 11 is 0. The van der Waals surface area contributed by atoms with Crippen molar-refractivity contribution in [3.8, 4) is 22.4 Å². The molecule has 2 nitrogen and oxygen atoms in total. The van der Waals surface area contributed by atoms with Crippen LogP contribution in [0.25, 0.3) is 44.3 Å². The maximum atomic E-state index is 15.2. The number of nitrogens with zero attached hydrogens (tertiary/aromatic N) is 1. The Hall–Kier alpha value is -3.46. The summed E-state index contributed by atoms with van der Waals surface area (Å²) in [5.41, 5.74) is 4.25. The van der Waals surface area contributed by atoms with Crippen molar-refractivity contribution in [1.29, 1.82) is 0 Å². The summed E-state index contributed by atoms with van der Waals surface area (Å²) in [6, 6.07) is 16.2. The molecule has 5 aromatic rings. The van der Waals surface area contributed by atoms with E-state index in [4.69, 9.17) is 12.6 Å². The molecule has 3 aromatic carbocycles. The monoisotopic (exact) mass is 402 g/mol. The number of rotatable bonds is 2. The van der Waals surface area contributed by atoms with E-state index in [0.717, 1.165) is 16.5 Å². The molecule has 0 aliphatic rings. The van der Waals surface area contributed by atoms with E-state index in [-0.39, 0.29) is 16.7 Å². The molecule has 0 unspecified atom stereocenters. The van der Waals surface area contributed by atoms with Gasteiger partial charge in [0, 0.05) is 31.1 Å². The quantitative estimate of drug-likeness (QED) is 0.296. The van der Waals surface area contributed by atoms with E-state index in [2.05, 4.69) is 0 Å². The van der Waals surface area contributed by atoms with Crippen LogP contribution in [-0.2, 0) is 7.05 Å². The van der Waals surface area contributed by atoms with Crippen molar-refractivity contribution in [2.24, 2.45) is 7.05 Å². The molecule has 148 valence electrons. The highest BCUT2D eigenvalue weighted by atomic mass is 19.1. The third-order valence-corrected chi connectivity index (χ3v) is 5.55. The lowest BCUT2D eigenvalue weighted by atomic mass is 9.98. The normalized spacial score (nSPS) is 15.3. The van der Waals surface area contributed by atoms with E-state index in [1.54, 1.807) is 36.5 Å². The van der Waals surface area contributed by atoms with E-state index in [0.29, 0.717) is 27.8 Å². The van der Waals surface area contributed by atoms with E-state index < -0.39 is 19.5 Å². The number of halogens is 1. The topological polar surface area (TPSA) is 17.0 Å². The first-order chi connectivity index (χ1) is 16.9. The highest BCUT2D eigenvalue weighted by Gasteiger charge is 2.23. The second-order valence-corrected chi connectivity index (χ2v) is 7.52. The molecule has 3 heteroatoms. The fourth-order valence-electron chi connectivity index (χ4n) is 4.02. The molecule has 0 bridgehead atoms. The van der Waals surface area contributed by atoms with Crippen LogP contribution in [0.5, 0.6) is 0 Å². The van der Waals surface area contributed by atoms with Crippen LogP contribution in [0.15, 0.2) is 71.3 Å². The van der Waals surface area contributed by atoms with Crippen molar-refractivity contribution in [2.75, 3.05) is 0 Å². The molecule has 2 heterocycles. The van der Waals surface area contributed by atoms with Gasteiger partial charge in [0.05, 0.1) is 11.1 Å². The summed E-state index contributed by atoms with van der Waals surface area (Å²) in [5.74, 6) is -0.489. The van der Waals surface area contributed by atoms with Gasteiger partial charge in [-0.1, -0.05) is 42.0 Å². The summed E-state index contributed by atoms with van der Waals surface area (Å²) in [7, 11) is 1.83. The Labute approximate surface area is 183 Å². The van der Waals surface area contributed by atoms with E-state index in [1.807, 2.05) is 30.7 Å². The molecule has 0 spiro atoms. The van der Waals surface area contributed by atoms with Gasteiger partial charge in [-0.3, -0.25) is 0 Å². The van der Waals surface area contributed by atoms with Crippen LogP contribution in [0.2, 0.25) is 0 Å². The van der Waals surface area contributed by atoms with Gasteiger partial charge in [-0.05, 0) is 49.5 Å². The van der Waals surface area contributed by atoms with Crippen LogP contribution in [-0.4, -0.2) is 0 Å². The van der Waals surface area contributed by atoms with Gasteiger partial charge < -0.3 is 4.42 Å². The number of fused-ring (bicyclic) bond motifs is 3. The van der Waals surface area contributed by atoms with Crippen LogP contribution >= 0.6 is 0 Å². The molecule has 2 aromatic heterocycles. The lowest BCUT2D eigenvalue weighted by Gasteiger charge is -2.06.